The first-order valence-electron chi connectivity index (χ1n) is 8.54. The molecular weight excluding hydrogens is 316 g/mol. The highest BCUT2D eigenvalue weighted by atomic mass is 16.2. The van der Waals surface area contributed by atoms with E-state index in [1.807, 2.05) is 35.2 Å². The third-order valence-electron chi connectivity index (χ3n) is 4.56. The fraction of sp³-hybridized carbons (Fsp3) is 0.368. The van der Waals surface area contributed by atoms with Crippen LogP contribution in [0.25, 0.3) is 0 Å². The number of amides is 2. The summed E-state index contributed by atoms with van der Waals surface area (Å²) in [5, 5.41) is 3.03. The average molecular weight is 338 g/mol. The molecule has 6 heteroatoms. The first kappa shape index (κ1) is 17.1. The number of aromatic nitrogens is 2. The normalized spacial score (nSPS) is 20.1. The Bertz CT molecular complexity index is 721. The second kappa shape index (κ2) is 7.88. The van der Waals surface area contributed by atoms with Gasteiger partial charge in [0, 0.05) is 25.9 Å². The van der Waals surface area contributed by atoms with Crippen LogP contribution in [0, 0.1) is 0 Å². The summed E-state index contributed by atoms with van der Waals surface area (Å²) < 4.78 is 0. The Morgan fingerprint density at radius 1 is 1.16 bits per heavy atom. The minimum atomic E-state index is -0.297. The number of hydrogen-bond acceptors (Lipinski definition) is 4. The maximum absolute atomic E-state index is 12.4. The van der Waals surface area contributed by atoms with E-state index in [4.69, 9.17) is 0 Å². The van der Waals surface area contributed by atoms with E-state index >= 15 is 0 Å². The molecule has 6 nitrogen and oxygen atoms in total. The summed E-state index contributed by atoms with van der Waals surface area (Å²) >= 11 is 0. The van der Waals surface area contributed by atoms with Crippen molar-refractivity contribution in [2.24, 2.45) is 0 Å². The van der Waals surface area contributed by atoms with Crippen molar-refractivity contribution < 1.29 is 9.59 Å². The van der Waals surface area contributed by atoms with Gasteiger partial charge in [-0.3, -0.25) is 9.59 Å². The van der Waals surface area contributed by atoms with Gasteiger partial charge < -0.3 is 10.2 Å². The Hall–Kier alpha value is -2.76. The van der Waals surface area contributed by atoms with Crippen molar-refractivity contribution in [2.45, 2.75) is 38.3 Å². The van der Waals surface area contributed by atoms with E-state index in [0.29, 0.717) is 6.42 Å². The van der Waals surface area contributed by atoms with Crippen molar-refractivity contribution in [1.29, 1.82) is 0 Å². The van der Waals surface area contributed by atoms with Gasteiger partial charge in [-0.1, -0.05) is 30.3 Å². The zero-order valence-electron chi connectivity index (χ0n) is 14.3. The van der Waals surface area contributed by atoms with Crippen LogP contribution in [-0.4, -0.2) is 45.3 Å². The summed E-state index contributed by atoms with van der Waals surface area (Å²) in [7, 11) is 0. The molecule has 25 heavy (non-hydrogen) atoms. The van der Waals surface area contributed by atoms with Gasteiger partial charge in [0.2, 0.25) is 11.7 Å². The van der Waals surface area contributed by atoms with Gasteiger partial charge in [0.05, 0.1) is 12.1 Å². The summed E-state index contributed by atoms with van der Waals surface area (Å²) in [5.41, 5.74) is 1.15. The number of carbonyl (C=O) groups excluding carboxylic acids is 2. The van der Waals surface area contributed by atoms with Gasteiger partial charge in [0.1, 0.15) is 0 Å². The van der Waals surface area contributed by atoms with Gasteiger partial charge in [0.25, 0.3) is 5.91 Å². The highest BCUT2D eigenvalue weighted by molar-refractivity contribution is 5.90. The van der Waals surface area contributed by atoms with Crippen LogP contribution in [0.15, 0.2) is 48.8 Å². The first-order chi connectivity index (χ1) is 12.1. The van der Waals surface area contributed by atoms with Gasteiger partial charge in [-0.05, 0) is 30.9 Å². The Morgan fingerprint density at radius 2 is 1.88 bits per heavy atom. The maximum atomic E-state index is 12.4. The SMILES string of the molecule is CC(=O)N1CCC[C@H](NC(=O)c2ncccn2)[C@@H]1Cc1ccccc1. The molecule has 1 fully saturated rings. The third-order valence-corrected chi connectivity index (χ3v) is 4.56. The molecule has 2 amide bonds. The van der Waals surface area contributed by atoms with Crippen LogP contribution in [0.2, 0.25) is 0 Å². The molecule has 3 rings (SSSR count). The van der Waals surface area contributed by atoms with Gasteiger partial charge in [-0.25, -0.2) is 9.97 Å². The molecule has 1 aliphatic rings. The van der Waals surface area contributed by atoms with E-state index in [1.165, 1.54) is 0 Å². The van der Waals surface area contributed by atoms with E-state index in [1.54, 1.807) is 25.4 Å². The molecule has 1 aromatic carbocycles. The molecule has 0 saturated carbocycles. The lowest BCUT2D eigenvalue weighted by atomic mass is 9.90. The average Bonchev–Trinajstić information content (AvgIpc) is 2.64. The van der Waals surface area contributed by atoms with E-state index in [9.17, 15) is 9.59 Å². The van der Waals surface area contributed by atoms with Gasteiger partial charge in [-0.15, -0.1) is 0 Å². The summed E-state index contributed by atoms with van der Waals surface area (Å²) in [4.78, 5) is 34.4. The number of hydrogen-bond donors (Lipinski definition) is 1. The number of nitrogens with zero attached hydrogens (tertiary/aromatic N) is 3. The van der Waals surface area contributed by atoms with Crippen LogP contribution >= 0.6 is 0 Å². The van der Waals surface area contributed by atoms with Gasteiger partial charge in [0.15, 0.2) is 0 Å². The standard InChI is InChI=1S/C19H22N4O2/c1-14(24)23-12-5-9-16(17(23)13-15-7-3-2-4-8-15)22-19(25)18-20-10-6-11-21-18/h2-4,6-8,10-11,16-17H,5,9,12-13H2,1H3,(H,22,25)/t16-,17-/m0/s1. The molecule has 1 saturated heterocycles. The molecule has 2 atom stereocenters. The first-order valence-corrected chi connectivity index (χ1v) is 8.54. The second-order valence-electron chi connectivity index (χ2n) is 6.26. The van der Waals surface area contributed by atoms with E-state index in [-0.39, 0.29) is 29.7 Å². The Balaban J connectivity index is 1.79. The summed E-state index contributed by atoms with van der Waals surface area (Å²) in [6, 6.07) is 11.5. The fourth-order valence-corrected chi connectivity index (χ4v) is 3.37. The lowest BCUT2D eigenvalue weighted by Gasteiger charge is -2.41. The monoisotopic (exact) mass is 338 g/mol. The third kappa shape index (κ3) is 4.21. The van der Waals surface area contributed by atoms with Crippen LogP contribution < -0.4 is 5.32 Å². The van der Waals surface area contributed by atoms with E-state index < -0.39 is 0 Å². The van der Waals surface area contributed by atoms with Crippen LogP contribution in [-0.2, 0) is 11.2 Å². The molecule has 0 aliphatic carbocycles. The molecule has 2 heterocycles. The minimum Gasteiger partial charge on any atom is -0.344 e. The van der Waals surface area contributed by atoms with Crippen molar-refractivity contribution >= 4 is 11.8 Å². The smallest absolute Gasteiger partial charge is 0.289 e. The van der Waals surface area contributed by atoms with Gasteiger partial charge >= 0.3 is 0 Å². The number of likely N-dealkylation sites (tertiary alicyclic amines) is 1. The molecule has 130 valence electrons. The number of rotatable bonds is 4. The minimum absolute atomic E-state index is 0.0378. The highest BCUT2D eigenvalue weighted by Crippen LogP contribution is 2.22. The highest BCUT2D eigenvalue weighted by Gasteiger charge is 2.34. The van der Waals surface area contributed by atoms with Crippen molar-refractivity contribution in [3.05, 3.63) is 60.2 Å². The molecule has 1 aromatic heterocycles. The number of nitrogens with one attached hydrogen (secondary N) is 1. The molecule has 1 aliphatic heterocycles. The molecule has 0 unspecified atom stereocenters. The maximum Gasteiger partial charge on any atom is 0.289 e. The number of piperidine rings is 1. The molecule has 0 radical (unpaired) electrons. The summed E-state index contributed by atoms with van der Waals surface area (Å²) in [6.07, 6.45) is 5.50. The van der Waals surface area contributed by atoms with Crippen molar-refractivity contribution in [3.8, 4) is 0 Å². The zero-order chi connectivity index (χ0) is 17.6. The largest absolute Gasteiger partial charge is 0.344 e. The molecule has 1 N–H and O–H groups in total. The van der Waals surface area contributed by atoms with E-state index in [2.05, 4.69) is 15.3 Å². The van der Waals surface area contributed by atoms with Gasteiger partial charge in [-0.2, -0.15) is 0 Å². The van der Waals surface area contributed by atoms with Crippen LogP contribution in [0.3, 0.4) is 0 Å². The zero-order valence-corrected chi connectivity index (χ0v) is 14.3. The van der Waals surface area contributed by atoms with Crippen molar-refractivity contribution in [1.82, 2.24) is 20.2 Å². The van der Waals surface area contributed by atoms with Crippen molar-refractivity contribution in [3.63, 3.8) is 0 Å². The Morgan fingerprint density at radius 3 is 2.56 bits per heavy atom. The van der Waals surface area contributed by atoms with E-state index in [0.717, 1.165) is 24.9 Å². The molecule has 2 aromatic rings. The lowest BCUT2D eigenvalue weighted by molar-refractivity contribution is -0.133. The molecule has 0 spiro atoms. The summed E-state index contributed by atoms with van der Waals surface area (Å²) in [5.74, 6) is -0.106. The predicted octanol–water partition coefficient (Wildman–Crippen LogP) is 1.83. The van der Waals surface area contributed by atoms with Crippen molar-refractivity contribution in [2.75, 3.05) is 6.54 Å². The number of carbonyl (C=O) groups is 2. The van der Waals surface area contributed by atoms with Crippen LogP contribution in [0.5, 0.6) is 0 Å². The Kier molecular flexibility index (Phi) is 5.38. The second-order valence-corrected chi connectivity index (χ2v) is 6.26. The van der Waals surface area contributed by atoms with Crippen LogP contribution in [0.1, 0.15) is 35.9 Å². The van der Waals surface area contributed by atoms with Crippen LogP contribution in [0.4, 0.5) is 0 Å². The number of benzene rings is 1. The fourth-order valence-electron chi connectivity index (χ4n) is 3.37. The molecule has 0 bridgehead atoms. The topological polar surface area (TPSA) is 75.2 Å². The Labute approximate surface area is 147 Å². The summed E-state index contributed by atoms with van der Waals surface area (Å²) in [6.45, 7) is 2.31. The predicted molar refractivity (Wildman–Crippen MR) is 93.8 cm³/mol. The lowest BCUT2D eigenvalue weighted by Crippen LogP contribution is -2.57. The molecular formula is C19H22N4O2. The quantitative estimate of drug-likeness (QED) is 0.923.